The SMILES string of the molecule is O=C(Nc1ccccc1C(=O)N1CCN(c2ccc(F)cc2)CC1)c1ccccc1. The number of rotatable bonds is 4. The fraction of sp³-hybridized carbons (Fsp3) is 0.167. The Labute approximate surface area is 174 Å². The van der Waals surface area contributed by atoms with Gasteiger partial charge in [0.05, 0.1) is 11.3 Å². The summed E-state index contributed by atoms with van der Waals surface area (Å²) in [5.41, 5.74) is 2.45. The molecule has 0 aromatic heterocycles. The van der Waals surface area contributed by atoms with E-state index in [1.807, 2.05) is 6.07 Å². The topological polar surface area (TPSA) is 52.7 Å². The highest BCUT2D eigenvalue weighted by atomic mass is 19.1. The Morgan fingerprint density at radius 1 is 0.767 bits per heavy atom. The maximum absolute atomic E-state index is 13.1. The molecule has 5 nitrogen and oxygen atoms in total. The van der Waals surface area contributed by atoms with Crippen LogP contribution in [0.25, 0.3) is 0 Å². The summed E-state index contributed by atoms with van der Waals surface area (Å²) in [5, 5.41) is 2.85. The molecule has 4 rings (SSSR count). The van der Waals surface area contributed by atoms with Crippen LogP contribution < -0.4 is 10.2 Å². The van der Waals surface area contributed by atoms with E-state index in [4.69, 9.17) is 0 Å². The van der Waals surface area contributed by atoms with Gasteiger partial charge in [0.15, 0.2) is 0 Å². The number of benzene rings is 3. The van der Waals surface area contributed by atoms with E-state index in [2.05, 4.69) is 10.2 Å². The maximum Gasteiger partial charge on any atom is 0.256 e. The predicted molar refractivity (Wildman–Crippen MR) is 115 cm³/mol. The first-order valence-electron chi connectivity index (χ1n) is 9.87. The van der Waals surface area contributed by atoms with Crippen molar-refractivity contribution in [2.45, 2.75) is 0 Å². The number of carbonyl (C=O) groups is 2. The molecule has 1 saturated heterocycles. The Morgan fingerprint density at radius 3 is 2.10 bits per heavy atom. The van der Waals surface area contributed by atoms with Crippen LogP contribution in [0.4, 0.5) is 15.8 Å². The second-order valence-electron chi connectivity index (χ2n) is 7.12. The number of amides is 2. The minimum absolute atomic E-state index is 0.113. The van der Waals surface area contributed by atoms with Crippen molar-refractivity contribution in [1.82, 2.24) is 4.90 Å². The third-order valence-electron chi connectivity index (χ3n) is 5.20. The zero-order valence-electron chi connectivity index (χ0n) is 16.4. The smallest absolute Gasteiger partial charge is 0.256 e. The van der Waals surface area contributed by atoms with Gasteiger partial charge in [0.25, 0.3) is 11.8 Å². The summed E-state index contributed by atoms with van der Waals surface area (Å²) in [4.78, 5) is 29.6. The Kier molecular flexibility index (Phi) is 5.75. The summed E-state index contributed by atoms with van der Waals surface area (Å²) >= 11 is 0. The van der Waals surface area contributed by atoms with E-state index in [0.717, 1.165) is 5.69 Å². The number of piperazine rings is 1. The Balaban J connectivity index is 1.44. The number of nitrogens with one attached hydrogen (secondary N) is 1. The number of halogens is 1. The number of para-hydroxylation sites is 1. The van der Waals surface area contributed by atoms with Crippen LogP contribution in [-0.4, -0.2) is 42.9 Å². The van der Waals surface area contributed by atoms with E-state index in [-0.39, 0.29) is 17.6 Å². The molecule has 1 heterocycles. The molecular formula is C24H22FN3O2. The van der Waals surface area contributed by atoms with Gasteiger partial charge in [-0.25, -0.2) is 4.39 Å². The van der Waals surface area contributed by atoms with Crippen molar-refractivity contribution in [3.8, 4) is 0 Å². The van der Waals surface area contributed by atoms with Crippen LogP contribution in [0.1, 0.15) is 20.7 Å². The molecule has 0 bridgehead atoms. The summed E-state index contributed by atoms with van der Waals surface area (Å²) in [5.74, 6) is -0.628. The van der Waals surface area contributed by atoms with E-state index in [1.165, 1.54) is 12.1 Å². The van der Waals surface area contributed by atoms with Gasteiger partial charge >= 0.3 is 0 Å². The van der Waals surface area contributed by atoms with Gasteiger partial charge in [0.1, 0.15) is 5.82 Å². The molecule has 1 N–H and O–H groups in total. The number of nitrogens with zero attached hydrogens (tertiary/aromatic N) is 2. The van der Waals surface area contributed by atoms with Crippen molar-refractivity contribution in [1.29, 1.82) is 0 Å². The normalized spacial score (nSPS) is 13.8. The molecule has 0 spiro atoms. The highest BCUT2D eigenvalue weighted by Gasteiger charge is 2.24. The molecule has 2 amide bonds. The van der Waals surface area contributed by atoms with E-state index >= 15 is 0 Å². The molecule has 1 aliphatic heterocycles. The largest absolute Gasteiger partial charge is 0.368 e. The molecule has 1 fully saturated rings. The van der Waals surface area contributed by atoms with Gasteiger partial charge in [-0.15, -0.1) is 0 Å². The monoisotopic (exact) mass is 403 g/mol. The lowest BCUT2D eigenvalue weighted by Crippen LogP contribution is -2.49. The molecule has 0 radical (unpaired) electrons. The number of carbonyl (C=O) groups excluding carboxylic acids is 2. The summed E-state index contributed by atoms with van der Waals surface area (Å²) in [7, 11) is 0. The third-order valence-corrected chi connectivity index (χ3v) is 5.20. The van der Waals surface area contributed by atoms with Crippen LogP contribution >= 0.6 is 0 Å². The van der Waals surface area contributed by atoms with Crippen LogP contribution in [0.2, 0.25) is 0 Å². The molecule has 0 aliphatic carbocycles. The van der Waals surface area contributed by atoms with Gasteiger partial charge < -0.3 is 15.1 Å². The van der Waals surface area contributed by atoms with Crippen LogP contribution in [0.3, 0.4) is 0 Å². The van der Waals surface area contributed by atoms with Crippen LogP contribution in [-0.2, 0) is 0 Å². The van der Waals surface area contributed by atoms with Gasteiger partial charge in [0.2, 0.25) is 0 Å². The van der Waals surface area contributed by atoms with Gasteiger partial charge in [-0.2, -0.15) is 0 Å². The van der Waals surface area contributed by atoms with Crippen molar-refractivity contribution >= 4 is 23.2 Å². The Hall–Kier alpha value is -3.67. The summed E-state index contributed by atoms with van der Waals surface area (Å²) in [6.07, 6.45) is 0. The highest BCUT2D eigenvalue weighted by molar-refractivity contribution is 6.09. The minimum Gasteiger partial charge on any atom is -0.368 e. The summed E-state index contributed by atoms with van der Waals surface area (Å²) < 4.78 is 13.1. The summed E-state index contributed by atoms with van der Waals surface area (Å²) in [6.45, 7) is 2.43. The van der Waals surface area contributed by atoms with Gasteiger partial charge in [-0.3, -0.25) is 9.59 Å². The molecular weight excluding hydrogens is 381 g/mol. The maximum atomic E-state index is 13.1. The molecule has 0 atom stereocenters. The van der Waals surface area contributed by atoms with Gasteiger partial charge in [0, 0.05) is 37.4 Å². The highest BCUT2D eigenvalue weighted by Crippen LogP contribution is 2.21. The Morgan fingerprint density at radius 2 is 1.40 bits per heavy atom. The van der Waals surface area contributed by atoms with Crippen molar-refractivity contribution < 1.29 is 14.0 Å². The van der Waals surface area contributed by atoms with Crippen molar-refractivity contribution in [3.63, 3.8) is 0 Å². The molecule has 1 aliphatic rings. The zero-order chi connectivity index (χ0) is 20.9. The van der Waals surface area contributed by atoms with E-state index < -0.39 is 0 Å². The van der Waals surface area contributed by atoms with Crippen LogP contribution in [0.5, 0.6) is 0 Å². The molecule has 3 aromatic rings. The van der Waals surface area contributed by atoms with Gasteiger partial charge in [-0.05, 0) is 48.5 Å². The zero-order valence-corrected chi connectivity index (χ0v) is 16.4. The average Bonchev–Trinajstić information content (AvgIpc) is 2.80. The molecule has 0 saturated carbocycles. The molecule has 152 valence electrons. The van der Waals surface area contributed by atoms with E-state index in [1.54, 1.807) is 65.6 Å². The van der Waals surface area contributed by atoms with Crippen LogP contribution in [0.15, 0.2) is 78.9 Å². The first-order chi connectivity index (χ1) is 14.6. The lowest BCUT2D eigenvalue weighted by Gasteiger charge is -2.36. The number of hydrogen-bond donors (Lipinski definition) is 1. The first-order valence-corrected chi connectivity index (χ1v) is 9.87. The summed E-state index contributed by atoms with van der Waals surface area (Å²) in [6, 6.07) is 22.4. The first kappa shape index (κ1) is 19.6. The lowest BCUT2D eigenvalue weighted by atomic mass is 10.1. The van der Waals surface area contributed by atoms with Crippen molar-refractivity contribution in [3.05, 3.63) is 95.8 Å². The molecule has 6 heteroatoms. The molecule has 30 heavy (non-hydrogen) atoms. The van der Waals surface area contributed by atoms with E-state index in [9.17, 15) is 14.0 Å². The third kappa shape index (κ3) is 4.33. The van der Waals surface area contributed by atoms with Gasteiger partial charge in [-0.1, -0.05) is 30.3 Å². The fourth-order valence-electron chi connectivity index (χ4n) is 3.55. The van der Waals surface area contributed by atoms with E-state index in [0.29, 0.717) is 43.0 Å². The average molecular weight is 403 g/mol. The molecule has 3 aromatic carbocycles. The minimum atomic E-state index is -0.262. The fourth-order valence-corrected chi connectivity index (χ4v) is 3.55. The lowest BCUT2D eigenvalue weighted by molar-refractivity contribution is 0.0748. The van der Waals surface area contributed by atoms with Crippen molar-refractivity contribution in [2.75, 3.05) is 36.4 Å². The van der Waals surface area contributed by atoms with Crippen LogP contribution in [0, 0.1) is 5.82 Å². The predicted octanol–water partition coefficient (Wildman–Crippen LogP) is 4.04. The Bertz CT molecular complexity index is 1030. The second kappa shape index (κ2) is 8.78. The van der Waals surface area contributed by atoms with Crippen molar-refractivity contribution in [2.24, 2.45) is 0 Å². The number of hydrogen-bond acceptors (Lipinski definition) is 3. The number of anilines is 2. The standard InChI is InChI=1S/C24H22FN3O2/c25-19-10-12-20(13-11-19)27-14-16-28(17-15-27)24(30)21-8-4-5-9-22(21)26-23(29)18-6-2-1-3-7-18/h1-13H,14-17H2,(H,26,29). The quantitative estimate of drug-likeness (QED) is 0.715. The molecule has 0 unspecified atom stereocenters. The second-order valence-corrected chi connectivity index (χ2v) is 7.12.